The molecule has 2 heterocycles. The van der Waals surface area contributed by atoms with Gasteiger partial charge in [-0.05, 0) is 62.8 Å². The van der Waals surface area contributed by atoms with E-state index in [0.29, 0.717) is 5.75 Å². The second-order valence-corrected chi connectivity index (χ2v) is 8.77. The molecule has 2 aliphatic heterocycles. The molecule has 2 aromatic rings. The molecule has 0 bridgehead atoms. The van der Waals surface area contributed by atoms with Gasteiger partial charge in [-0.2, -0.15) is 0 Å². The third kappa shape index (κ3) is 2.17. The number of alkyl halides is 1. The number of aromatic hydroxyl groups is 1. The van der Waals surface area contributed by atoms with Gasteiger partial charge in [0.1, 0.15) is 5.75 Å². The first-order valence-corrected chi connectivity index (χ1v) is 9.19. The fourth-order valence-electron chi connectivity index (χ4n) is 4.32. The van der Waals surface area contributed by atoms with Crippen LogP contribution in [0.2, 0.25) is 0 Å². The Bertz CT molecular complexity index is 823. The molecule has 0 aliphatic carbocycles. The van der Waals surface area contributed by atoms with E-state index in [1.54, 1.807) is 0 Å². The molecule has 2 aliphatic rings. The molecule has 4 heteroatoms. The number of hydrogen-bond donors (Lipinski definition) is 2. The maximum absolute atomic E-state index is 10.7. The monoisotopic (exact) mass is 344 g/mol. The second kappa shape index (κ2) is 5.19. The van der Waals surface area contributed by atoms with E-state index in [9.17, 15) is 5.11 Å². The van der Waals surface area contributed by atoms with Gasteiger partial charge in [0.2, 0.25) is 0 Å². The lowest BCUT2D eigenvalue weighted by Crippen LogP contribution is -2.41. The van der Waals surface area contributed by atoms with Gasteiger partial charge >= 0.3 is 0 Å². The van der Waals surface area contributed by atoms with Crippen molar-refractivity contribution in [2.24, 2.45) is 0 Å². The van der Waals surface area contributed by atoms with Crippen molar-refractivity contribution in [3.05, 3.63) is 29.3 Å². The number of nitrogens with one attached hydrogen (secondary N) is 1. The molecular formula is C20H25ClN2O. The van der Waals surface area contributed by atoms with Crippen LogP contribution in [0, 0.1) is 0 Å². The molecule has 0 saturated carbocycles. The van der Waals surface area contributed by atoms with E-state index in [1.807, 2.05) is 12.1 Å². The van der Waals surface area contributed by atoms with E-state index in [4.69, 9.17) is 11.6 Å². The third-order valence-corrected chi connectivity index (χ3v) is 5.81. The number of benzene rings is 2. The third-order valence-electron chi connectivity index (χ3n) is 5.50. The minimum atomic E-state index is -0.00833. The van der Waals surface area contributed by atoms with E-state index >= 15 is 0 Å². The van der Waals surface area contributed by atoms with Crippen molar-refractivity contribution >= 4 is 33.7 Å². The second-order valence-electron chi connectivity index (χ2n) is 8.08. The Labute approximate surface area is 148 Å². The van der Waals surface area contributed by atoms with E-state index in [0.717, 1.165) is 30.6 Å². The molecule has 2 atom stereocenters. The van der Waals surface area contributed by atoms with Crippen LogP contribution < -0.4 is 10.2 Å². The van der Waals surface area contributed by atoms with E-state index in [-0.39, 0.29) is 16.8 Å². The van der Waals surface area contributed by atoms with Crippen molar-refractivity contribution in [2.45, 2.75) is 50.9 Å². The van der Waals surface area contributed by atoms with Gasteiger partial charge in [0.25, 0.3) is 0 Å². The van der Waals surface area contributed by atoms with Crippen LogP contribution in [0.5, 0.6) is 5.75 Å². The highest BCUT2D eigenvalue weighted by atomic mass is 35.5. The highest BCUT2D eigenvalue weighted by Crippen LogP contribution is 2.51. The molecule has 2 unspecified atom stereocenters. The molecule has 4 rings (SSSR count). The minimum Gasteiger partial charge on any atom is -0.507 e. The van der Waals surface area contributed by atoms with Crippen LogP contribution in [0.15, 0.2) is 18.2 Å². The molecule has 0 fully saturated rings. The quantitative estimate of drug-likeness (QED) is 0.726. The van der Waals surface area contributed by atoms with Crippen molar-refractivity contribution < 1.29 is 5.11 Å². The molecule has 2 aromatic carbocycles. The number of halogens is 1. The van der Waals surface area contributed by atoms with Crippen LogP contribution in [-0.4, -0.2) is 29.1 Å². The van der Waals surface area contributed by atoms with Gasteiger partial charge in [0, 0.05) is 52.8 Å². The lowest BCUT2D eigenvalue weighted by atomic mass is 9.89. The normalized spacial score (nSPS) is 20.9. The predicted octanol–water partition coefficient (Wildman–Crippen LogP) is 4.84. The summed E-state index contributed by atoms with van der Waals surface area (Å²) in [7, 11) is 0. The Balaban J connectivity index is 2.09. The lowest BCUT2D eigenvalue weighted by molar-refractivity contribution is 0.479. The molecule has 0 radical (unpaired) electrons. The molecule has 24 heavy (non-hydrogen) atoms. The summed E-state index contributed by atoms with van der Waals surface area (Å²) in [6.07, 6.45) is 1.00. The van der Waals surface area contributed by atoms with Crippen LogP contribution in [-0.2, 0) is 6.42 Å². The average molecular weight is 345 g/mol. The summed E-state index contributed by atoms with van der Waals surface area (Å²) in [5, 5.41) is 16.4. The van der Waals surface area contributed by atoms with Gasteiger partial charge in [-0.3, -0.25) is 0 Å². The van der Waals surface area contributed by atoms with Crippen molar-refractivity contribution in [3.63, 3.8) is 0 Å². The molecule has 0 saturated heterocycles. The van der Waals surface area contributed by atoms with Crippen molar-refractivity contribution in [2.75, 3.05) is 23.3 Å². The van der Waals surface area contributed by atoms with Gasteiger partial charge in [0.05, 0.1) is 0 Å². The summed E-state index contributed by atoms with van der Waals surface area (Å²) < 4.78 is 0. The lowest BCUT2D eigenvalue weighted by Gasteiger charge is -2.35. The first-order chi connectivity index (χ1) is 11.3. The summed E-state index contributed by atoms with van der Waals surface area (Å²) >= 11 is 6.61. The fraction of sp³-hybridized carbons (Fsp3) is 0.500. The topological polar surface area (TPSA) is 35.5 Å². The standard InChI is InChI=1S/C20H25ClN2O/c1-11(21)14-10-23(20(2,3)4)16-9-17(24)13-5-6-15-12(7-8-22-15)18(13)19(14)16/h5-6,9,11,14,22,24H,7-8,10H2,1-4H3. The minimum absolute atomic E-state index is 0.00833. The molecule has 128 valence electrons. The summed E-state index contributed by atoms with van der Waals surface area (Å²) in [5.74, 6) is 0.645. The average Bonchev–Trinajstić information content (AvgIpc) is 3.09. The first kappa shape index (κ1) is 15.9. The van der Waals surface area contributed by atoms with Crippen LogP contribution in [0.25, 0.3) is 10.8 Å². The highest BCUT2D eigenvalue weighted by Gasteiger charge is 2.39. The molecular weight excluding hydrogens is 320 g/mol. The summed E-state index contributed by atoms with van der Waals surface area (Å²) in [6, 6.07) is 6.07. The number of rotatable bonds is 1. The summed E-state index contributed by atoms with van der Waals surface area (Å²) in [4.78, 5) is 2.40. The largest absolute Gasteiger partial charge is 0.507 e. The van der Waals surface area contributed by atoms with Crippen molar-refractivity contribution in [1.29, 1.82) is 0 Å². The maximum Gasteiger partial charge on any atom is 0.125 e. The first-order valence-electron chi connectivity index (χ1n) is 8.76. The number of fused-ring (bicyclic) bond motifs is 5. The Hall–Kier alpha value is -1.61. The van der Waals surface area contributed by atoms with Crippen LogP contribution in [0.3, 0.4) is 0 Å². The summed E-state index contributed by atoms with van der Waals surface area (Å²) in [5.41, 5.74) is 4.99. The number of anilines is 2. The van der Waals surface area contributed by atoms with E-state index in [2.05, 4.69) is 44.0 Å². The zero-order chi connectivity index (χ0) is 17.2. The van der Waals surface area contributed by atoms with Crippen molar-refractivity contribution in [3.8, 4) is 5.75 Å². The van der Waals surface area contributed by atoms with Gasteiger partial charge < -0.3 is 15.3 Å². The Morgan fingerprint density at radius 3 is 2.75 bits per heavy atom. The Morgan fingerprint density at radius 1 is 1.33 bits per heavy atom. The fourth-order valence-corrected chi connectivity index (χ4v) is 4.53. The van der Waals surface area contributed by atoms with Gasteiger partial charge in [-0.1, -0.05) is 0 Å². The van der Waals surface area contributed by atoms with Crippen LogP contribution >= 0.6 is 11.6 Å². The van der Waals surface area contributed by atoms with Crippen molar-refractivity contribution in [1.82, 2.24) is 0 Å². The smallest absolute Gasteiger partial charge is 0.125 e. The number of hydrogen-bond acceptors (Lipinski definition) is 3. The van der Waals surface area contributed by atoms with Gasteiger partial charge in [-0.15, -0.1) is 11.6 Å². The molecule has 2 N–H and O–H groups in total. The van der Waals surface area contributed by atoms with Crippen LogP contribution in [0.1, 0.15) is 44.7 Å². The van der Waals surface area contributed by atoms with Crippen LogP contribution in [0.4, 0.5) is 11.4 Å². The summed E-state index contributed by atoms with van der Waals surface area (Å²) in [6.45, 7) is 10.6. The Morgan fingerprint density at radius 2 is 2.08 bits per heavy atom. The molecule has 0 amide bonds. The number of phenols is 1. The molecule has 0 aromatic heterocycles. The molecule has 3 nitrogen and oxygen atoms in total. The predicted molar refractivity (Wildman–Crippen MR) is 103 cm³/mol. The zero-order valence-electron chi connectivity index (χ0n) is 14.8. The number of nitrogens with zero attached hydrogens (tertiary/aromatic N) is 1. The molecule has 0 spiro atoms. The van der Waals surface area contributed by atoms with E-state index < -0.39 is 0 Å². The maximum atomic E-state index is 10.7. The van der Waals surface area contributed by atoms with Gasteiger partial charge in [-0.25, -0.2) is 0 Å². The van der Waals surface area contributed by atoms with E-state index in [1.165, 1.54) is 22.2 Å². The zero-order valence-corrected chi connectivity index (χ0v) is 15.5. The number of phenolic OH excluding ortho intramolecular Hbond substituents is 1. The Kier molecular flexibility index (Phi) is 3.44. The SMILES string of the molecule is CC(Cl)C1CN(C(C)(C)C)c2cc(O)c3ccc4c(c3c21)CCN4. The highest BCUT2D eigenvalue weighted by molar-refractivity contribution is 6.21. The van der Waals surface area contributed by atoms with Gasteiger partial charge in [0.15, 0.2) is 0 Å².